The molecule has 1 aromatic heterocycles. The highest BCUT2D eigenvalue weighted by Crippen LogP contribution is 2.27. The van der Waals surface area contributed by atoms with Gasteiger partial charge in [-0.15, -0.1) is 0 Å². The van der Waals surface area contributed by atoms with Crippen LogP contribution in [0.2, 0.25) is 5.02 Å². The first-order valence-electron chi connectivity index (χ1n) is 5.84. The summed E-state index contributed by atoms with van der Waals surface area (Å²) in [6, 6.07) is 7.94. The first-order valence-corrected chi connectivity index (χ1v) is 6.22. The van der Waals surface area contributed by atoms with Crippen LogP contribution in [0.1, 0.15) is 0 Å². The maximum atomic E-state index is 6.07. The van der Waals surface area contributed by atoms with Crippen molar-refractivity contribution in [3.63, 3.8) is 0 Å². The summed E-state index contributed by atoms with van der Waals surface area (Å²) in [5, 5.41) is 5.27. The van der Waals surface area contributed by atoms with E-state index >= 15 is 0 Å². The molecule has 2 aromatic rings. The molecule has 0 atom stereocenters. The molecule has 0 amide bonds. The van der Waals surface area contributed by atoms with Gasteiger partial charge in [-0.05, 0) is 24.3 Å². The van der Waals surface area contributed by atoms with Gasteiger partial charge < -0.3 is 10.2 Å². The molecule has 1 aliphatic rings. The molecule has 3 rings (SSSR count). The number of rotatable bonds is 1. The summed E-state index contributed by atoms with van der Waals surface area (Å²) >= 11 is 6.07. The summed E-state index contributed by atoms with van der Waals surface area (Å²) in [5.74, 6) is 0. The lowest BCUT2D eigenvalue weighted by Crippen LogP contribution is -2.43. The van der Waals surface area contributed by atoms with Crippen molar-refractivity contribution in [3.05, 3.63) is 35.5 Å². The second-order valence-corrected chi connectivity index (χ2v) is 4.67. The molecule has 4 heteroatoms. The van der Waals surface area contributed by atoms with Crippen LogP contribution in [0.5, 0.6) is 0 Å². The molecule has 88 valence electrons. The smallest absolute Gasteiger partial charge is 0.0723 e. The molecule has 1 saturated heterocycles. The maximum Gasteiger partial charge on any atom is 0.0723 e. The van der Waals surface area contributed by atoms with Crippen molar-refractivity contribution in [1.82, 2.24) is 10.3 Å². The third-order valence-electron chi connectivity index (χ3n) is 3.14. The van der Waals surface area contributed by atoms with Gasteiger partial charge in [0.05, 0.1) is 5.52 Å². The van der Waals surface area contributed by atoms with Crippen LogP contribution in [0.25, 0.3) is 10.9 Å². The van der Waals surface area contributed by atoms with Gasteiger partial charge in [0.2, 0.25) is 0 Å². The number of fused-ring (bicyclic) bond motifs is 1. The SMILES string of the molecule is Clc1ccc2nccc(N3CCNCC3)c2c1. The minimum absolute atomic E-state index is 0.766. The van der Waals surface area contributed by atoms with Gasteiger partial charge in [-0.1, -0.05) is 11.6 Å². The van der Waals surface area contributed by atoms with E-state index in [-0.39, 0.29) is 0 Å². The molecule has 0 saturated carbocycles. The van der Waals surface area contributed by atoms with Gasteiger partial charge in [0.25, 0.3) is 0 Å². The van der Waals surface area contributed by atoms with Crippen molar-refractivity contribution in [2.45, 2.75) is 0 Å². The van der Waals surface area contributed by atoms with E-state index < -0.39 is 0 Å². The molecular formula is C13H14ClN3. The highest BCUT2D eigenvalue weighted by molar-refractivity contribution is 6.31. The summed E-state index contributed by atoms with van der Waals surface area (Å²) < 4.78 is 0. The Morgan fingerprint density at radius 3 is 2.82 bits per heavy atom. The van der Waals surface area contributed by atoms with Crippen LogP contribution in [-0.4, -0.2) is 31.2 Å². The molecule has 3 nitrogen and oxygen atoms in total. The molecule has 1 aliphatic heterocycles. The molecule has 0 bridgehead atoms. The number of nitrogens with one attached hydrogen (secondary N) is 1. The van der Waals surface area contributed by atoms with E-state index in [4.69, 9.17) is 11.6 Å². The second-order valence-electron chi connectivity index (χ2n) is 4.23. The van der Waals surface area contributed by atoms with Crippen LogP contribution >= 0.6 is 11.6 Å². The summed E-state index contributed by atoms with van der Waals surface area (Å²) in [6.45, 7) is 4.13. The Balaban J connectivity index is 2.11. The van der Waals surface area contributed by atoms with Gasteiger partial charge in [0.15, 0.2) is 0 Å². The highest BCUT2D eigenvalue weighted by Gasteiger charge is 2.13. The predicted molar refractivity (Wildman–Crippen MR) is 71.8 cm³/mol. The zero-order chi connectivity index (χ0) is 11.7. The van der Waals surface area contributed by atoms with Gasteiger partial charge in [-0.3, -0.25) is 4.98 Å². The van der Waals surface area contributed by atoms with Crippen LogP contribution in [0, 0.1) is 0 Å². The molecule has 1 N–H and O–H groups in total. The first kappa shape index (κ1) is 10.8. The predicted octanol–water partition coefficient (Wildman–Crippen LogP) is 2.30. The minimum Gasteiger partial charge on any atom is -0.368 e. The molecule has 0 spiro atoms. The number of aromatic nitrogens is 1. The fraction of sp³-hybridized carbons (Fsp3) is 0.308. The third kappa shape index (κ3) is 2.08. The highest BCUT2D eigenvalue weighted by atomic mass is 35.5. The van der Waals surface area contributed by atoms with E-state index in [0.29, 0.717) is 0 Å². The monoisotopic (exact) mass is 247 g/mol. The van der Waals surface area contributed by atoms with Crippen molar-refractivity contribution >= 4 is 28.2 Å². The summed E-state index contributed by atoms with van der Waals surface area (Å²) in [4.78, 5) is 6.76. The van der Waals surface area contributed by atoms with E-state index in [9.17, 15) is 0 Å². The van der Waals surface area contributed by atoms with E-state index in [1.165, 1.54) is 5.69 Å². The average molecular weight is 248 g/mol. The van der Waals surface area contributed by atoms with Gasteiger partial charge in [-0.2, -0.15) is 0 Å². The van der Waals surface area contributed by atoms with Crippen molar-refractivity contribution in [3.8, 4) is 0 Å². The molecular weight excluding hydrogens is 234 g/mol. The number of anilines is 1. The van der Waals surface area contributed by atoms with E-state index in [0.717, 1.165) is 42.1 Å². The number of nitrogens with zero attached hydrogens (tertiary/aromatic N) is 2. The van der Waals surface area contributed by atoms with E-state index in [2.05, 4.69) is 21.3 Å². The van der Waals surface area contributed by atoms with Crippen molar-refractivity contribution in [1.29, 1.82) is 0 Å². The second kappa shape index (κ2) is 4.51. The summed E-state index contributed by atoms with van der Waals surface area (Å²) in [6.07, 6.45) is 1.87. The molecule has 2 heterocycles. The molecule has 0 radical (unpaired) electrons. The van der Waals surface area contributed by atoms with Crippen LogP contribution in [0.3, 0.4) is 0 Å². The Labute approximate surface area is 105 Å². The number of halogens is 1. The number of benzene rings is 1. The quantitative estimate of drug-likeness (QED) is 0.838. The molecule has 0 aliphatic carbocycles. The van der Waals surface area contributed by atoms with Gasteiger partial charge in [-0.25, -0.2) is 0 Å². The number of hydrogen-bond donors (Lipinski definition) is 1. The van der Waals surface area contributed by atoms with Crippen LogP contribution < -0.4 is 10.2 Å². The lowest BCUT2D eigenvalue weighted by Gasteiger charge is -2.30. The van der Waals surface area contributed by atoms with Crippen molar-refractivity contribution in [2.24, 2.45) is 0 Å². The van der Waals surface area contributed by atoms with Crippen LogP contribution in [0.15, 0.2) is 30.5 Å². The number of hydrogen-bond acceptors (Lipinski definition) is 3. The van der Waals surface area contributed by atoms with Crippen molar-refractivity contribution in [2.75, 3.05) is 31.1 Å². The van der Waals surface area contributed by atoms with Crippen molar-refractivity contribution < 1.29 is 0 Å². The molecule has 1 fully saturated rings. The first-order chi connectivity index (χ1) is 8.34. The molecule has 17 heavy (non-hydrogen) atoms. The standard InChI is InChI=1S/C13H14ClN3/c14-10-1-2-12-11(9-10)13(3-4-16-12)17-7-5-15-6-8-17/h1-4,9,15H,5-8H2. The Bertz CT molecular complexity index is 535. The fourth-order valence-corrected chi connectivity index (χ4v) is 2.46. The third-order valence-corrected chi connectivity index (χ3v) is 3.37. The number of pyridine rings is 1. The van der Waals surface area contributed by atoms with Crippen LogP contribution in [-0.2, 0) is 0 Å². The zero-order valence-electron chi connectivity index (χ0n) is 9.49. The molecule has 1 aromatic carbocycles. The Morgan fingerprint density at radius 1 is 1.18 bits per heavy atom. The lowest BCUT2D eigenvalue weighted by molar-refractivity contribution is 0.590. The maximum absolute atomic E-state index is 6.07. The molecule has 0 unspecified atom stereocenters. The zero-order valence-corrected chi connectivity index (χ0v) is 10.2. The van der Waals surface area contributed by atoms with Gasteiger partial charge in [0, 0.05) is 48.5 Å². The summed E-state index contributed by atoms with van der Waals surface area (Å²) in [5.41, 5.74) is 2.24. The fourth-order valence-electron chi connectivity index (χ4n) is 2.29. The normalized spacial score (nSPS) is 16.4. The van der Waals surface area contributed by atoms with E-state index in [1.54, 1.807) is 0 Å². The Hall–Kier alpha value is -1.32. The minimum atomic E-state index is 0.766. The lowest BCUT2D eigenvalue weighted by atomic mass is 10.1. The summed E-state index contributed by atoms with van der Waals surface area (Å²) in [7, 11) is 0. The van der Waals surface area contributed by atoms with E-state index in [1.807, 2.05) is 24.4 Å². The Morgan fingerprint density at radius 2 is 2.00 bits per heavy atom. The van der Waals surface area contributed by atoms with Crippen LogP contribution in [0.4, 0.5) is 5.69 Å². The largest absolute Gasteiger partial charge is 0.368 e. The topological polar surface area (TPSA) is 28.2 Å². The van der Waals surface area contributed by atoms with Gasteiger partial charge >= 0.3 is 0 Å². The Kier molecular flexibility index (Phi) is 2.87. The number of piperazine rings is 1. The van der Waals surface area contributed by atoms with Gasteiger partial charge in [0.1, 0.15) is 0 Å². The average Bonchev–Trinajstić information content (AvgIpc) is 2.39.